The molecule has 112 valence electrons. The van der Waals surface area contributed by atoms with Crippen molar-refractivity contribution < 1.29 is 5.11 Å². The molecule has 0 amide bonds. The van der Waals surface area contributed by atoms with Crippen LogP contribution in [-0.2, 0) is 6.42 Å². The van der Waals surface area contributed by atoms with Crippen LogP contribution < -0.4 is 5.32 Å². The van der Waals surface area contributed by atoms with Crippen LogP contribution in [0.15, 0.2) is 46.0 Å². The molecular weight excluding hydrogens is 298 g/mol. The van der Waals surface area contributed by atoms with Crippen molar-refractivity contribution in [2.24, 2.45) is 0 Å². The summed E-state index contributed by atoms with van der Waals surface area (Å²) in [4.78, 5) is 0. The van der Waals surface area contributed by atoms with Gasteiger partial charge in [0.05, 0.1) is 10.8 Å². The molecule has 3 atom stereocenters. The molecule has 4 heteroatoms. The van der Waals surface area contributed by atoms with E-state index in [1.807, 2.05) is 29.2 Å². The number of hydrogen-bond donors (Lipinski definition) is 2. The summed E-state index contributed by atoms with van der Waals surface area (Å²) in [6.07, 6.45) is 1.99. The van der Waals surface area contributed by atoms with Crippen LogP contribution in [0.1, 0.15) is 30.5 Å². The number of nitrogens with one attached hydrogen (secondary N) is 1. The van der Waals surface area contributed by atoms with E-state index in [2.05, 4.69) is 48.0 Å². The number of rotatable bonds is 5. The Kier molecular flexibility index (Phi) is 5.01. The van der Waals surface area contributed by atoms with Crippen LogP contribution in [0.25, 0.3) is 0 Å². The van der Waals surface area contributed by atoms with Crippen LogP contribution in [0.5, 0.6) is 0 Å². The fraction of sp³-hybridized carbons (Fsp3) is 0.412. The Bertz CT molecular complexity index is 569. The highest BCUT2D eigenvalue weighted by Gasteiger charge is 2.27. The first-order valence-corrected chi connectivity index (χ1v) is 9.17. The summed E-state index contributed by atoms with van der Waals surface area (Å²) >= 11 is 3.81. The Morgan fingerprint density at radius 1 is 1.29 bits per heavy atom. The first-order valence-electron chi connectivity index (χ1n) is 7.41. The van der Waals surface area contributed by atoms with Gasteiger partial charge in [-0.3, -0.25) is 0 Å². The quantitative estimate of drug-likeness (QED) is 0.877. The summed E-state index contributed by atoms with van der Waals surface area (Å²) in [6, 6.07) is 13.1. The SMILES string of the molecule is C[C@H]1CC(N[C@H](CO)Cc2ccccc2)c2ccsc2S1. The van der Waals surface area contributed by atoms with Crippen molar-refractivity contribution in [2.45, 2.75) is 41.3 Å². The van der Waals surface area contributed by atoms with Crippen LogP contribution >= 0.6 is 23.1 Å². The van der Waals surface area contributed by atoms with E-state index in [-0.39, 0.29) is 12.6 Å². The average Bonchev–Trinajstić information content (AvgIpc) is 2.96. The number of fused-ring (bicyclic) bond motifs is 1. The molecule has 1 unspecified atom stereocenters. The minimum atomic E-state index is 0.112. The maximum Gasteiger partial charge on any atom is 0.0649 e. The van der Waals surface area contributed by atoms with E-state index in [1.165, 1.54) is 15.3 Å². The Morgan fingerprint density at radius 3 is 2.86 bits per heavy atom. The summed E-state index contributed by atoms with van der Waals surface area (Å²) in [5.74, 6) is 0. The molecule has 1 aliphatic rings. The molecule has 0 spiro atoms. The Balaban J connectivity index is 1.70. The predicted octanol–water partition coefficient (Wildman–Crippen LogP) is 3.87. The molecule has 0 radical (unpaired) electrons. The molecule has 1 aromatic heterocycles. The second kappa shape index (κ2) is 6.97. The number of aliphatic hydroxyl groups excluding tert-OH is 1. The zero-order valence-electron chi connectivity index (χ0n) is 12.2. The lowest BCUT2D eigenvalue weighted by molar-refractivity contribution is 0.227. The van der Waals surface area contributed by atoms with E-state index in [4.69, 9.17) is 0 Å². The van der Waals surface area contributed by atoms with Crippen molar-refractivity contribution in [3.05, 3.63) is 52.9 Å². The third kappa shape index (κ3) is 3.69. The highest BCUT2D eigenvalue weighted by Crippen LogP contribution is 2.43. The molecule has 1 aromatic carbocycles. The van der Waals surface area contributed by atoms with Crippen molar-refractivity contribution in [3.8, 4) is 0 Å². The molecule has 3 rings (SSSR count). The lowest BCUT2D eigenvalue weighted by Crippen LogP contribution is -2.39. The van der Waals surface area contributed by atoms with E-state index in [0.717, 1.165) is 12.8 Å². The fourth-order valence-electron chi connectivity index (χ4n) is 2.87. The number of benzene rings is 1. The monoisotopic (exact) mass is 319 g/mol. The van der Waals surface area contributed by atoms with E-state index in [1.54, 1.807) is 0 Å². The van der Waals surface area contributed by atoms with Gasteiger partial charge in [-0.05, 0) is 35.4 Å². The molecule has 1 aliphatic heterocycles. The summed E-state index contributed by atoms with van der Waals surface area (Å²) in [5, 5.41) is 16.2. The number of thioether (sulfide) groups is 1. The van der Waals surface area contributed by atoms with Crippen LogP contribution in [0.3, 0.4) is 0 Å². The highest BCUT2D eigenvalue weighted by atomic mass is 32.2. The zero-order chi connectivity index (χ0) is 14.7. The molecule has 2 nitrogen and oxygen atoms in total. The molecule has 2 heterocycles. The Morgan fingerprint density at radius 2 is 2.10 bits per heavy atom. The second-order valence-electron chi connectivity index (χ2n) is 5.62. The Labute approximate surface area is 134 Å². The van der Waals surface area contributed by atoms with Crippen molar-refractivity contribution in [2.75, 3.05) is 6.61 Å². The maximum atomic E-state index is 9.72. The molecule has 0 bridgehead atoms. The van der Waals surface area contributed by atoms with E-state index in [0.29, 0.717) is 11.3 Å². The van der Waals surface area contributed by atoms with Gasteiger partial charge >= 0.3 is 0 Å². The first kappa shape index (κ1) is 15.1. The zero-order valence-corrected chi connectivity index (χ0v) is 13.8. The summed E-state index contributed by atoms with van der Waals surface area (Å²) in [6.45, 7) is 2.46. The van der Waals surface area contributed by atoms with Gasteiger partial charge in [-0.2, -0.15) is 0 Å². The van der Waals surface area contributed by atoms with Crippen molar-refractivity contribution in [1.82, 2.24) is 5.32 Å². The fourth-order valence-corrected chi connectivity index (χ4v) is 5.43. The van der Waals surface area contributed by atoms with Gasteiger partial charge < -0.3 is 10.4 Å². The van der Waals surface area contributed by atoms with Gasteiger partial charge in [-0.1, -0.05) is 37.3 Å². The van der Waals surface area contributed by atoms with Crippen LogP contribution in [0.2, 0.25) is 0 Å². The van der Waals surface area contributed by atoms with Crippen LogP contribution in [0.4, 0.5) is 0 Å². The standard InChI is InChI=1S/C17H21NOS2/c1-12-9-16(15-7-8-20-17(15)21-12)18-14(11-19)10-13-5-3-2-4-6-13/h2-8,12,14,16,18-19H,9-11H2,1H3/t12-,14-,16?/m0/s1. The molecule has 21 heavy (non-hydrogen) atoms. The predicted molar refractivity (Wildman–Crippen MR) is 91.2 cm³/mol. The first-order chi connectivity index (χ1) is 10.3. The average molecular weight is 319 g/mol. The van der Waals surface area contributed by atoms with Gasteiger partial charge in [0.15, 0.2) is 0 Å². The number of aliphatic hydroxyl groups is 1. The smallest absolute Gasteiger partial charge is 0.0649 e. The van der Waals surface area contributed by atoms with E-state index in [9.17, 15) is 5.11 Å². The summed E-state index contributed by atoms with van der Waals surface area (Å²) in [5.41, 5.74) is 2.68. The molecule has 0 fully saturated rings. The van der Waals surface area contributed by atoms with E-state index < -0.39 is 0 Å². The van der Waals surface area contributed by atoms with Gasteiger partial charge in [0.25, 0.3) is 0 Å². The lowest BCUT2D eigenvalue weighted by atomic mass is 10.0. The van der Waals surface area contributed by atoms with E-state index >= 15 is 0 Å². The van der Waals surface area contributed by atoms with Gasteiger partial charge in [0.2, 0.25) is 0 Å². The van der Waals surface area contributed by atoms with Crippen molar-refractivity contribution >= 4 is 23.1 Å². The third-order valence-electron chi connectivity index (χ3n) is 3.89. The molecule has 2 aromatic rings. The van der Waals surface area contributed by atoms with Crippen LogP contribution in [-0.4, -0.2) is 23.0 Å². The summed E-state index contributed by atoms with van der Waals surface area (Å²) < 4.78 is 1.43. The van der Waals surface area contributed by atoms with Gasteiger partial charge in [-0.15, -0.1) is 23.1 Å². The normalized spacial score (nSPS) is 22.8. The minimum Gasteiger partial charge on any atom is -0.395 e. The minimum absolute atomic E-state index is 0.112. The molecule has 0 aliphatic carbocycles. The molecular formula is C17H21NOS2. The number of thiophene rings is 1. The summed E-state index contributed by atoms with van der Waals surface area (Å²) in [7, 11) is 0. The van der Waals surface area contributed by atoms with Crippen molar-refractivity contribution in [1.29, 1.82) is 0 Å². The van der Waals surface area contributed by atoms with Crippen molar-refractivity contribution in [3.63, 3.8) is 0 Å². The van der Waals surface area contributed by atoms with Gasteiger partial charge in [-0.25, -0.2) is 0 Å². The molecule has 0 saturated carbocycles. The lowest BCUT2D eigenvalue weighted by Gasteiger charge is -2.31. The van der Waals surface area contributed by atoms with Gasteiger partial charge in [0, 0.05) is 17.3 Å². The topological polar surface area (TPSA) is 32.3 Å². The highest BCUT2D eigenvalue weighted by molar-refractivity contribution is 8.01. The Hall–Kier alpha value is -0.810. The third-order valence-corrected chi connectivity index (χ3v) is 6.24. The number of hydrogen-bond acceptors (Lipinski definition) is 4. The second-order valence-corrected chi connectivity index (χ2v) is 8.24. The molecule has 2 N–H and O–H groups in total. The maximum absolute atomic E-state index is 9.72. The largest absolute Gasteiger partial charge is 0.395 e. The van der Waals surface area contributed by atoms with Crippen LogP contribution in [0, 0.1) is 0 Å². The van der Waals surface area contributed by atoms with Gasteiger partial charge in [0.1, 0.15) is 0 Å². The molecule has 0 saturated heterocycles.